The molecule has 0 aliphatic carbocycles. The molecule has 1 atom stereocenters. The number of hydrogen-bond acceptors (Lipinski definition) is 4. The van der Waals surface area contributed by atoms with E-state index in [0.29, 0.717) is 10.8 Å². The average molecular weight is 249 g/mol. The van der Waals surface area contributed by atoms with Crippen molar-refractivity contribution in [2.24, 2.45) is 0 Å². The Bertz CT molecular complexity index is 501. The van der Waals surface area contributed by atoms with Crippen LogP contribution in [0.2, 0.25) is 5.02 Å². The fourth-order valence-corrected chi connectivity index (χ4v) is 1.67. The Hall–Kier alpha value is -1.81. The zero-order valence-electron chi connectivity index (χ0n) is 9.39. The maximum atomic E-state index is 6.01. The van der Waals surface area contributed by atoms with Crippen LogP contribution in [-0.2, 0) is 0 Å². The zero-order chi connectivity index (χ0) is 12.3. The molecule has 0 spiro atoms. The third-order valence-corrected chi connectivity index (χ3v) is 2.84. The molecule has 1 aromatic heterocycles. The van der Waals surface area contributed by atoms with E-state index in [9.17, 15) is 0 Å². The monoisotopic (exact) mass is 248 g/mol. The van der Waals surface area contributed by atoms with Crippen molar-refractivity contribution in [1.29, 1.82) is 0 Å². The Morgan fingerprint density at radius 1 is 1.24 bits per heavy atom. The van der Waals surface area contributed by atoms with Gasteiger partial charge in [-0.25, -0.2) is 9.97 Å². The second-order valence-electron chi connectivity index (χ2n) is 3.70. The van der Waals surface area contributed by atoms with Crippen LogP contribution in [0.3, 0.4) is 0 Å². The van der Waals surface area contributed by atoms with E-state index in [1.165, 1.54) is 6.33 Å². The van der Waals surface area contributed by atoms with Gasteiger partial charge < -0.3 is 11.1 Å². The molecular formula is C12H13ClN4. The summed E-state index contributed by atoms with van der Waals surface area (Å²) in [6.07, 6.45) is 1.39. The minimum absolute atomic E-state index is 0.1000. The molecule has 17 heavy (non-hydrogen) atoms. The summed E-state index contributed by atoms with van der Waals surface area (Å²) in [4.78, 5) is 7.88. The van der Waals surface area contributed by atoms with E-state index in [4.69, 9.17) is 17.3 Å². The number of nitrogens with zero attached hydrogens (tertiary/aromatic N) is 2. The van der Waals surface area contributed by atoms with Crippen molar-refractivity contribution in [3.63, 3.8) is 0 Å². The third-order valence-electron chi connectivity index (χ3n) is 2.47. The van der Waals surface area contributed by atoms with E-state index >= 15 is 0 Å². The number of halogens is 1. The van der Waals surface area contributed by atoms with Gasteiger partial charge in [-0.2, -0.15) is 0 Å². The first-order valence-electron chi connectivity index (χ1n) is 5.26. The molecule has 1 aromatic carbocycles. The van der Waals surface area contributed by atoms with Crippen molar-refractivity contribution in [1.82, 2.24) is 9.97 Å². The second-order valence-corrected chi connectivity index (χ2v) is 4.08. The van der Waals surface area contributed by atoms with Gasteiger partial charge in [0, 0.05) is 6.04 Å². The first kappa shape index (κ1) is 11.7. The molecule has 0 aliphatic rings. The minimum atomic E-state index is 0.1000. The summed E-state index contributed by atoms with van der Waals surface area (Å²) >= 11 is 6.01. The molecule has 4 nitrogen and oxygen atoms in total. The van der Waals surface area contributed by atoms with E-state index in [2.05, 4.69) is 15.3 Å². The molecule has 0 saturated heterocycles. The molecule has 3 N–H and O–H groups in total. The highest BCUT2D eigenvalue weighted by atomic mass is 35.5. The topological polar surface area (TPSA) is 63.8 Å². The lowest BCUT2D eigenvalue weighted by Crippen LogP contribution is -2.09. The van der Waals surface area contributed by atoms with Crippen molar-refractivity contribution in [2.75, 3.05) is 11.1 Å². The molecule has 2 rings (SSSR count). The maximum absolute atomic E-state index is 6.01. The lowest BCUT2D eigenvalue weighted by Gasteiger charge is -2.15. The van der Waals surface area contributed by atoms with Gasteiger partial charge in [-0.05, 0) is 12.5 Å². The lowest BCUT2D eigenvalue weighted by atomic mass is 10.1. The second kappa shape index (κ2) is 5.01. The van der Waals surface area contributed by atoms with Gasteiger partial charge in [-0.15, -0.1) is 0 Å². The van der Waals surface area contributed by atoms with Crippen LogP contribution in [-0.4, -0.2) is 9.97 Å². The summed E-state index contributed by atoms with van der Waals surface area (Å²) < 4.78 is 0. The van der Waals surface area contributed by atoms with E-state index in [1.54, 1.807) is 0 Å². The number of aromatic nitrogens is 2. The highest BCUT2D eigenvalue weighted by Gasteiger charge is 2.10. The molecule has 5 heteroatoms. The summed E-state index contributed by atoms with van der Waals surface area (Å²) in [5, 5.41) is 3.56. The summed E-state index contributed by atoms with van der Waals surface area (Å²) in [5.41, 5.74) is 6.77. The van der Waals surface area contributed by atoms with E-state index in [-0.39, 0.29) is 11.9 Å². The number of rotatable bonds is 3. The van der Waals surface area contributed by atoms with E-state index in [1.807, 2.05) is 37.3 Å². The predicted octanol–water partition coefficient (Wildman–Crippen LogP) is 2.89. The molecule has 0 saturated carbocycles. The minimum Gasteiger partial charge on any atom is -0.382 e. The summed E-state index contributed by atoms with van der Waals surface area (Å²) in [6, 6.07) is 10.1. The number of hydrogen-bond donors (Lipinski definition) is 2. The molecule has 2 aromatic rings. The Kier molecular flexibility index (Phi) is 3.44. The number of benzene rings is 1. The average Bonchev–Trinajstić information content (AvgIpc) is 2.36. The largest absolute Gasteiger partial charge is 0.382 e. The van der Waals surface area contributed by atoms with Gasteiger partial charge in [0.05, 0.1) is 0 Å². The number of nitrogens with one attached hydrogen (secondary N) is 1. The van der Waals surface area contributed by atoms with Crippen molar-refractivity contribution in [3.05, 3.63) is 47.2 Å². The highest BCUT2D eigenvalue weighted by molar-refractivity contribution is 6.35. The maximum Gasteiger partial charge on any atom is 0.150 e. The molecule has 1 heterocycles. The van der Waals surface area contributed by atoms with Crippen molar-refractivity contribution >= 4 is 23.2 Å². The molecule has 0 fully saturated rings. The van der Waals surface area contributed by atoms with Crippen LogP contribution in [0.5, 0.6) is 0 Å². The quantitative estimate of drug-likeness (QED) is 0.877. The molecular weight excluding hydrogens is 236 g/mol. The molecule has 0 radical (unpaired) electrons. The fraction of sp³-hybridized carbons (Fsp3) is 0.167. The molecule has 0 amide bonds. The standard InChI is InChI=1S/C12H13ClN4/c1-8(9-5-3-2-4-6-9)17-12-10(13)11(14)15-7-16-12/h2-8H,1H3,(H3,14,15,16,17). The zero-order valence-corrected chi connectivity index (χ0v) is 10.1. The summed E-state index contributed by atoms with van der Waals surface area (Å²) in [5.74, 6) is 0.833. The van der Waals surface area contributed by atoms with Crippen molar-refractivity contribution in [3.8, 4) is 0 Å². The highest BCUT2D eigenvalue weighted by Crippen LogP contribution is 2.26. The van der Waals surface area contributed by atoms with Crippen LogP contribution in [0.25, 0.3) is 0 Å². The number of nitrogens with two attached hydrogens (primary N) is 1. The van der Waals surface area contributed by atoms with Gasteiger partial charge in [-0.3, -0.25) is 0 Å². The molecule has 1 unspecified atom stereocenters. The predicted molar refractivity (Wildman–Crippen MR) is 69.9 cm³/mol. The van der Waals surface area contributed by atoms with Crippen molar-refractivity contribution < 1.29 is 0 Å². The molecule has 0 bridgehead atoms. The number of anilines is 2. The molecule has 88 valence electrons. The number of nitrogen functional groups attached to an aromatic ring is 1. The SMILES string of the molecule is CC(Nc1ncnc(N)c1Cl)c1ccccc1. The van der Waals surface area contributed by atoms with Gasteiger partial charge >= 0.3 is 0 Å². The third kappa shape index (κ3) is 2.65. The van der Waals surface area contributed by atoms with Crippen LogP contribution in [0, 0.1) is 0 Å². The van der Waals surface area contributed by atoms with Crippen LogP contribution in [0.15, 0.2) is 36.7 Å². The van der Waals surface area contributed by atoms with Gasteiger partial charge in [0.25, 0.3) is 0 Å². The Morgan fingerprint density at radius 2 is 1.94 bits per heavy atom. The Morgan fingerprint density at radius 3 is 2.65 bits per heavy atom. The van der Waals surface area contributed by atoms with Crippen molar-refractivity contribution in [2.45, 2.75) is 13.0 Å². The Balaban J connectivity index is 2.19. The summed E-state index contributed by atoms with van der Waals surface area (Å²) in [7, 11) is 0. The summed E-state index contributed by atoms with van der Waals surface area (Å²) in [6.45, 7) is 2.03. The first-order chi connectivity index (χ1) is 8.18. The Labute approximate surface area is 105 Å². The van der Waals surface area contributed by atoms with Crippen LogP contribution >= 0.6 is 11.6 Å². The normalized spacial score (nSPS) is 12.1. The van der Waals surface area contributed by atoms with Crippen LogP contribution in [0.1, 0.15) is 18.5 Å². The van der Waals surface area contributed by atoms with E-state index < -0.39 is 0 Å². The van der Waals surface area contributed by atoms with Crippen LogP contribution in [0.4, 0.5) is 11.6 Å². The first-order valence-corrected chi connectivity index (χ1v) is 5.63. The van der Waals surface area contributed by atoms with Crippen LogP contribution < -0.4 is 11.1 Å². The lowest BCUT2D eigenvalue weighted by molar-refractivity contribution is 0.872. The van der Waals surface area contributed by atoms with Gasteiger partial charge in [0.1, 0.15) is 17.2 Å². The molecule has 0 aliphatic heterocycles. The van der Waals surface area contributed by atoms with E-state index in [0.717, 1.165) is 5.56 Å². The van der Waals surface area contributed by atoms with Gasteiger partial charge in [0.15, 0.2) is 5.82 Å². The van der Waals surface area contributed by atoms with Gasteiger partial charge in [-0.1, -0.05) is 41.9 Å². The fourth-order valence-electron chi connectivity index (χ4n) is 1.51. The van der Waals surface area contributed by atoms with Gasteiger partial charge in [0.2, 0.25) is 0 Å². The smallest absolute Gasteiger partial charge is 0.150 e.